The zero-order valence-corrected chi connectivity index (χ0v) is 14.2. The third-order valence-electron chi connectivity index (χ3n) is 5.32. The van der Waals surface area contributed by atoms with Crippen LogP contribution in [0.2, 0.25) is 0 Å². The number of carbonyl (C=O) groups is 1. The quantitative estimate of drug-likeness (QED) is 0.667. The highest BCUT2D eigenvalue weighted by Gasteiger charge is 2.30. The maximum Gasteiger partial charge on any atom is 0.409 e. The first-order chi connectivity index (χ1) is 12.3. The number of rotatable bonds is 3. The van der Waals surface area contributed by atoms with Gasteiger partial charge in [0.25, 0.3) is 0 Å². The van der Waals surface area contributed by atoms with Gasteiger partial charge >= 0.3 is 6.09 Å². The van der Waals surface area contributed by atoms with E-state index >= 15 is 0 Å². The fourth-order valence-electron chi connectivity index (χ4n) is 3.91. The number of nitrogens with zero attached hydrogens (tertiary/aromatic N) is 1. The average Bonchev–Trinajstić information content (AvgIpc) is 3.00. The molecule has 3 N–H and O–H groups in total. The van der Waals surface area contributed by atoms with E-state index in [2.05, 4.69) is 41.8 Å². The molecule has 2 aromatic rings. The summed E-state index contributed by atoms with van der Waals surface area (Å²) >= 11 is 0. The number of nitrogens with two attached hydrogens (primary N) is 1. The van der Waals surface area contributed by atoms with E-state index in [1.54, 1.807) is 4.90 Å². The van der Waals surface area contributed by atoms with E-state index < -0.39 is 0 Å². The second-order valence-corrected chi connectivity index (χ2v) is 6.73. The number of hydrogen-bond acceptors (Lipinski definition) is 4. The molecule has 25 heavy (non-hydrogen) atoms. The number of likely N-dealkylation sites (tertiary alicyclic amines) is 1. The summed E-state index contributed by atoms with van der Waals surface area (Å²) < 4.78 is 5.68. The number of ether oxygens (including phenoxy) is 1. The third-order valence-corrected chi connectivity index (χ3v) is 5.32. The molecule has 1 fully saturated rings. The highest BCUT2D eigenvalue weighted by Crippen LogP contribution is 2.44. The molecule has 1 saturated heterocycles. The maximum absolute atomic E-state index is 12.4. The number of nitrogens with one attached hydrogen (secondary N) is 1. The van der Waals surface area contributed by atoms with Crippen molar-refractivity contribution in [3.05, 3.63) is 59.7 Å². The first-order valence-electron chi connectivity index (χ1n) is 8.84. The maximum atomic E-state index is 12.4. The van der Waals surface area contributed by atoms with E-state index in [0.717, 1.165) is 12.8 Å². The van der Waals surface area contributed by atoms with Crippen LogP contribution in [0.5, 0.6) is 0 Å². The van der Waals surface area contributed by atoms with Gasteiger partial charge in [0.15, 0.2) is 0 Å². The van der Waals surface area contributed by atoms with Gasteiger partial charge < -0.3 is 9.64 Å². The first-order valence-corrected chi connectivity index (χ1v) is 8.84. The Balaban J connectivity index is 1.46. The number of benzene rings is 2. The van der Waals surface area contributed by atoms with Crippen LogP contribution in [0.3, 0.4) is 0 Å². The van der Waals surface area contributed by atoms with E-state index in [9.17, 15) is 4.79 Å². The van der Waals surface area contributed by atoms with Crippen molar-refractivity contribution in [2.75, 3.05) is 19.7 Å². The minimum absolute atomic E-state index is 0.111. The van der Waals surface area contributed by atoms with Crippen molar-refractivity contribution < 1.29 is 9.53 Å². The number of hydrogen-bond donors (Lipinski definition) is 2. The summed E-state index contributed by atoms with van der Waals surface area (Å²) in [6.45, 7) is 1.75. The summed E-state index contributed by atoms with van der Waals surface area (Å²) in [5, 5.41) is 0. The van der Waals surface area contributed by atoms with Gasteiger partial charge in [0.05, 0.1) is 0 Å². The summed E-state index contributed by atoms with van der Waals surface area (Å²) in [5.74, 6) is 5.58. The predicted octanol–water partition coefficient (Wildman–Crippen LogP) is 2.86. The molecule has 1 heterocycles. The average molecular weight is 337 g/mol. The third kappa shape index (κ3) is 3.01. The lowest BCUT2D eigenvalue weighted by molar-refractivity contribution is 0.0886. The molecule has 0 aromatic heterocycles. The van der Waals surface area contributed by atoms with Crippen molar-refractivity contribution in [2.24, 2.45) is 5.84 Å². The largest absolute Gasteiger partial charge is 0.448 e. The standard InChI is InChI=1S/C20H23N3O2/c21-22-14-9-11-23(12-10-14)20(24)25-13-19-17-7-3-1-5-15(17)16-6-2-4-8-18(16)19/h1-8,14,19,22H,9-13,21H2. The minimum Gasteiger partial charge on any atom is -0.448 e. The normalized spacial score (nSPS) is 17.2. The van der Waals surface area contributed by atoms with E-state index in [1.165, 1.54) is 22.3 Å². The monoisotopic (exact) mass is 337 g/mol. The van der Waals surface area contributed by atoms with Gasteiger partial charge in [0, 0.05) is 25.0 Å². The molecule has 1 aliphatic heterocycles. The molecule has 0 atom stereocenters. The van der Waals surface area contributed by atoms with Crippen molar-refractivity contribution >= 4 is 6.09 Å². The van der Waals surface area contributed by atoms with Crippen LogP contribution in [0.25, 0.3) is 11.1 Å². The molecule has 130 valence electrons. The van der Waals surface area contributed by atoms with Crippen LogP contribution in [0.4, 0.5) is 4.79 Å². The predicted molar refractivity (Wildman–Crippen MR) is 97.0 cm³/mol. The summed E-state index contributed by atoms with van der Waals surface area (Å²) in [5.41, 5.74) is 7.75. The lowest BCUT2D eigenvalue weighted by Crippen LogP contribution is -2.47. The SMILES string of the molecule is NNC1CCN(C(=O)OCC2c3ccccc3-c3ccccc32)CC1. The van der Waals surface area contributed by atoms with Gasteiger partial charge in [-0.15, -0.1) is 0 Å². The first kappa shape index (κ1) is 16.1. The van der Waals surface area contributed by atoms with Crippen LogP contribution in [-0.2, 0) is 4.74 Å². The topological polar surface area (TPSA) is 67.6 Å². The van der Waals surface area contributed by atoms with Gasteiger partial charge in [0.1, 0.15) is 6.61 Å². The molecular formula is C20H23N3O2. The Hall–Kier alpha value is -2.37. The Morgan fingerprint density at radius 1 is 1.04 bits per heavy atom. The molecule has 0 saturated carbocycles. The molecule has 0 bridgehead atoms. The van der Waals surface area contributed by atoms with Crippen molar-refractivity contribution in [1.82, 2.24) is 10.3 Å². The molecule has 0 radical (unpaired) electrons. The number of hydrazine groups is 1. The summed E-state index contributed by atoms with van der Waals surface area (Å²) in [6, 6.07) is 17.0. The van der Waals surface area contributed by atoms with E-state index in [1.807, 2.05) is 12.1 Å². The Morgan fingerprint density at radius 3 is 2.16 bits per heavy atom. The molecule has 1 aliphatic carbocycles. The summed E-state index contributed by atoms with van der Waals surface area (Å²) in [7, 11) is 0. The van der Waals surface area contributed by atoms with Crippen molar-refractivity contribution in [3.8, 4) is 11.1 Å². The van der Waals surface area contributed by atoms with Crippen LogP contribution in [0.1, 0.15) is 29.9 Å². The zero-order chi connectivity index (χ0) is 17.2. The van der Waals surface area contributed by atoms with E-state index in [0.29, 0.717) is 19.7 Å². The van der Waals surface area contributed by atoms with Crippen LogP contribution in [0, 0.1) is 0 Å². The highest BCUT2D eigenvalue weighted by atomic mass is 16.6. The summed E-state index contributed by atoms with van der Waals surface area (Å²) in [6.07, 6.45) is 1.50. The van der Waals surface area contributed by atoms with Gasteiger partial charge in [-0.05, 0) is 35.1 Å². The molecule has 0 spiro atoms. The lowest BCUT2D eigenvalue weighted by Gasteiger charge is -2.31. The molecule has 5 heteroatoms. The number of fused-ring (bicyclic) bond motifs is 3. The van der Waals surface area contributed by atoms with Crippen LogP contribution < -0.4 is 11.3 Å². The molecule has 1 amide bonds. The van der Waals surface area contributed by atoms with Gasteiger partial charge in [-0.2, -0.15) is 0 Å². The highest BCUT2D eigenvalue weighted by molar-refractivity contribution is 5.79. The Labute approximate surface area is 147 Å². The number of amides is 1. The smallest absolute Gasteiger partial charge is 0.409 e. The van der Waals surface area contributed by atoms with E-state index in [4.69, 9.17) is 10.6 Å². The fraction of sp³-hybridized carbons (Fsp3) is 0.350. The van der Waals surface area contributed by atoms with Crippen LogP contribution in [0.15, 0.2) is 48.5 Å². The Bertz CT molecular complexity index is 724. The molecular weight excluding hydrogens is 314 g/mol. The van der Waals surface area contributed by atoms with E-state index in [-0.39, 0.29) is 18.1 Å². The molecule has 5 nitrogen and oxygen atoms in total. The second kappa shape index (κ2) is 6.86. The lowest BCUT2D eigenvalue weighted by atomic mass is 9.98. The molecule has 0 unspecified atom stereocenters. The fourth-order valence-corrected chi connectivity index (χ4v) is 3.91. The molecule has 4 rings (SSSR count). The van der Waals surface area contributed by atoms with Crippen molar-refractivity contribution in [2.45, 2.75) is 24.8 Å². The number of piperidine rings is 1. The number of carbonyl (C=O) groups excluding carboxylic acids is 1. The van der Waals surface area contributed by atoms with Crippen LogP contribution >= 0.6 is 0 Å². The zero-order valence-electron chi connectivity index (χ0n) is 14.2. The van der Waals surface area contributed by atoms with Crippen LogP contribution in [-0.4, -0.2) is 36.7 Å². The van der Waals surface area contributed by atoms with Gasteiger partial charge in [-0.3, -0.25) is 11.3 Å². The molecule has 2 aromatic carbocycles. The summed E-state index contributed by atoms with van der Waals surface area (Å²) in [4.78, 5) is 14.2. The van der Waals surface area contributed by atoms with Gasteiger partial charge in [-0.1, -0.05) is 48.5 Å². The van der Waals surface area contributed by atoms with Crippen molar-refractivity contribution in [3.63, 3.8) is 0 Å². The van der Waals surface area contributed by atoms with Gasteiger partial charge in [-0.25, -0.2) is 4.79 Å². The molecule has 2 aliphatic rings. The Kier molecular flexibility index (Phi) is 4.42. The Morgan fingerprint density at radius 2 is 1.60 bits per heavy atom. The van der Waals surface area contributed by atoms with Gasteiger partial charge in [0.2, 0.25) is 0 Å². The second-order valence-electron chi connectivity index (χ2n) is 6.73. The van der Waals surface area contributed by atoms with Crippen molar-refractivity contribution in [1.29, 1.82) is 0 Å². The minimum atomic E-state index is -0.225.